The van der Waals surface area contributed by atoms with E-state index in [9.17, 15) is 9.36 Å². The molecule has 0 radical (unpaired) electrons. The standard InChI is InChI=1S/C8H17O3P/c1-3-5-12(11,6-4-2)7-8(9)10/h3-7H2,1-2H3,(H,9,10). The molecule has 0 fully saturated rings. The number of hydrogen-bond acceptors (Lipinski definition) is 2. The quantitative estimate of drug-likeness (QED) is 0.656. The molecule has 0 rings (SSSR count). The lowest BCUT2D eigenvalue weighted by Gasteiger charge is -2.13. The minimum atomic E-state index is -2.38. The first-order chi connectivity index (χ1) is 5.54. The molecule has 4 heteroatoms. The summed E-state index contributed by atoms with van der Waals surface area (Å²) >= 11 is 0. The van der Waals surface area contributed by atoms with Gasteiger partial charge in [-0.15, -0.1) is 0 Å². The van der Waals surface area contributed by atoms with Gasteiger partial charge in [0.2, 0.25) is 0 Å². The van der Waals surface area contributed by atoms with E-state index in [-0.39, 0.29) is 6.16 Å². The highest BCUT2D eigenvalue weighted by atomic mass is 31.2. The number of carboxylic acids is 1. The van der Waals surface area contributed by atoms with Crippen molar-refractivity contribution in [2.45, 2.75) is 26.7 Å². The fourth-order valence-electron chi connectivity index (χ4n) is 1.33. The van der Waals surface area contributed by atoms with Gasteiger partial charge in [0.1, 0.15) is 0 Å². The van der Waals surface area contributed by atoms with Crippen molar-refractivity contribution < 1.29 is 14.5 Å². The first kappa shape index (κ1) is 11.7. The molecule has 0 bridgehead atoms. The smallest absolute Gasteiger partial charge is 0.310 e. The van der Waals surface area contributed by atoms with E-state index in [1.807, 2.05) is 13.8 Å². The second-order valence-corrected chi connectivity index (χ2v) is 6.38. The molecule has 1 N–H and O–H groups in total. The minimum Gasteiger partial charge on any atom is -0.481 e. The molecular formula is C8H17O3P. The van der Waals surface area contributed by atoms with Crippen LogP contribution in [-0.2, 0) is 9.36 Å². The van der Waals surface area contributed by atoms with Crippen molar-refractivity contribution in [1.29, 1.82) is 0 Å². The molecular weight excluding hydrogens is 175 g/mol. The average Bonchev–Trinajstić information content (AvgIpc) is 1.85. The monoisotopic (exact) mass is 192 g/mol. The number of carboxylic acid groups (broad SMARTS) is 1. The lowest BCUT2D eigenvalue weighted by atomic mass is 10.6. The maximum atomic E-state index is 11.8. The van der Waals surface area contributed by atoms with Gasteiger partial charge in [-0.3, -0.25) is 4.79 Å². The Kier molecular flexibility index (Phi) is 5.23. The molecule has 0 atom stereocenters. The highest BCUT2D eigenvalue weighted by Gasteiger charge is 2.23. The van der Waals surface area contributed by atoms with E-state index >= 15 is 0 Å². The van der Waals surface area contributed by atoms with Gasteiger partial charge in [-0.1, -0.05) is 13.8 Å². The summed E-state index contributed by atoms with van der Waals surface area (Å²) in [7, 11) is -2.38. The summed E-state index contributed by atoms with van der Waals surface area (Å²) in [5.74, 6) is -0.930. The lowest BCUT2D eigenvalue weighted by Crippen LogP contribution is -2.08. The highest BCUT2D eigenvalue weighted by molar-refractivity contribution is 7.64. The van der Waals surface area contributed by atoms with Crippen molar-refractivity contribution in [1.82, 2.24) is 0 Å². The van der Waals surface area contributed by atoms with Gasteiger partial charge in [0.15, 0.2) is 0 Å². The van der Waals surface area contributed by atoms with Gasteiger partial charge in [-0.2, -0.15) is 0 Å². The molecule has 3 nitrogen and oxygen atoms in total. The number of aliphatic carboxylic acids is 1. The molecule has 0 aromatic rings. The first-order valence-corrected chi connectivity index (χ1v) is 6.59. The van der Waals surface area contributed by atoms with Crippen LogP contribution in [0.4, 0.5) is 0 Å². The van der Waals surface area contributed by atoms with Crippen LogP contribution in [0, 0.1) is 0 Å². The van der Waals surface area contributed by atoms with Crippen LogP contribution >= 0.6 is 7.14 Å². The molecule has 0 saturated carbocycles. The Balaban J connectivity index is 4.18. The minimum absolute atomic E-state index is 0.130. The van der Waals surface area contributed by atoms with Gasteiger partial charge in [0.05, 0.1) is 13.3 Å². The normalized spacial score (nSPS) is 11.5. The molecule has 72 valence electrons. The third-order valence-electron chi connectivity index (χ3n) is 1.69. The SMILES string of the molecule is CCCP(=O)(CCC)CC(=O)O. The van der Waals surface area contributed by atoms with Crippen LogP contribution in [0.5, 0.6) is 0 Å². The summed E-state index contributed by atoms with van der Waals surface area (Å²) in [4.78, 5) is 10.4. The Morgan fingerprint density at radius 1 is 1.25 bits per heavy atom. The molecule has 0 aliphatic heterocycles. The number of rotatable bonds is 6. The zero-order valence-corrected chi connectivity index (χ0v) is 8.64. The summed E-state index contributed by atoms with van der Waals surface area (Å²) in [6, 6.07) is 0. The summed E-state index contributed by atoms with van der Waals surface area (Å²) in [5, 5.41) is 8.53. The molecule has 0 saturated heterocycles. The summed E-state index contributed by atoms with van der Waals surface area (Å²) < 4.78 is 11.8. The summed E-state index contributed by atoms with van der Waals surface area (Å²) in [5.41, 5.74) is 0. The first-order valence-electron chi connectivity index (χ1n) is 4.33. The summed E-state index contributed by atoms with van der Waals surface area (Å²) in [6.07, 6.45) is 2.64. The Morgan fingerprint density at radius 2 is 1.67 bits per heavy atom. The van der Waals surface area contributed by atoms with Gasteiger partial charge in [-0.05, 0) is 12.8 Å². The van der Waals surface area contributed by atoms with Crippen LogP contribution < -0.4 is 0 Å². The predicted molar refractivity (Wildman–Crippen MR) is 50.4 cm³/mol. The molecule has 0 aliphatic carbocycles. The molecule has 0 aromatic heterocycles. The van der Waals surface area contributed by atoms with E-state index in [1.54, 1.807) is 0 Å². The van der Waals surface area contributed by atoms with Crippen LogP contribution in [0.2, 0.25) is 0 Å². The zero-order valence-electron chi connectivity index (χ0n) is 7.75. The van der Waals surface area contributed by atoms with Crippen molar-refractivity contribution in [2.75, 3.05) is 18.5 Å². The number of carbonyl (C=O) groups is 1. The van der Waals surface area contributed by atoms with E-state index in [1.165, 1.54) is 0 Å². The van der Waals surface area contributed by atoms with Crippen molar-refractivity contribution >= 4 is 13.1 Å². The highest BCUT2D eigenvalue weighted by Crippen LogP contribution is 2.46. The maximum absolute atomic E-state index is 11.8. The van der Waals surface area contributed by atoms with Gasteiger partial charge in [0, 0.05) is 12.3 Å². The second-order valence-electron chi connectivity index (χ2n) is 3.06. The van der Waals surface area contributed by atoms with E-state index < -0.39 is 13.1 Å². The van der Waals surface area contributed by atoms with Crippen molar-refractivity contribution in [3.8, 4) is 0 Å². The van der Waals surface area contributed by atoms with Crippen LogP contribution in [0.25, 0.3) is 0 Å². The predicted octanol–water partition coefficient (Wildman–Crippen LogP) is 2.25. The fraction of sp³-hybridized carbons (Fsp3) is 0.875. The lowest BCUT2D eigenvalue weighted by molar-refractivity contribution is -0.134. The van der Waals surface area contributed by atoms with Crippen molar-refractivity contribution in [3.05, 3.63) is 0 Å². The molecule has 0 spiro atoms. The Hall–Kier alpha value is -0.300. The second kappa shape index (κ2) is 5.36. The average molecular weight is 192 g/mol. The Labute approximate surface area is 73.5 Å². The summed E-state index contributed by atoms with van der Waals surface area (Å²) in [6.45, 7) is 3.87. The molecule has 12 heavy (non-hydrogen) atoms. The van der Waals surface area contributed by atoms with Crippen LogP contribution in [0.3, 0.4) is 0 Å². The topological polar surface area (TPSA) is 54.4 Å². The maximum Gasteiger partial charge on any atom is 0.310 e. The number of hydrogen-bond donors (Lipinski definition) is 1. The molecule has 0 heterocycles. The van der Waals surface area contributed by atoms with Crippen molar-refractivity contribution in [3.63, 3.8) is 0 Å². The zero-order chi connectivity index (χ0) is 9.61. The van der Waals surface area contributed by atoms with Gasteiger partial charge < -0.3 is 9.67 Å². The van der Waals surface area contributed by atoms with Crippen molar-refractivity contribution in [2.24, 2.45) is 0 Å². The Morgan fingerprint density at radius 3 is 1.92 bits per heavy atom. The fourth-order valence-corrected chi connectivity index (χ4v) is 3.99. The van der Waals surface area contributed by atoms with E-state index in [0.717, 1.165) is 12.8 Å². The van der Waals surface area contributed by atoms with Gasteiger partial charge in [0.25, 0.3) is 0 Å². The van der Waals surface area contributed by atoms with Crippen LogP contribution in [-0.4, -0.2) is 29.6 Å². The van der Waals surface area contributed by atoms with E-state index in [4.69, 9.17) is 5.11 Å². The molecule has 0 aromatic carbocycles. The van der Waals surface area contributed by atoms with Crippen LogP contribution in [0.15, 0.2) is 0 Å². The van der Waals surface area contributed by atoms with Gasteiger partial charge >= 0.3 is 5.97 Å². The third-order valence-corrected chi connectivity index (χ3v) is 5.06. The largest absolute Gasteiger partial charge is 0.481 e. The third kappa shape index (κ3) is 4.55. The van der Waals surface area contributed by atoms with Crippen LogP contribution in [0.1, 0.15) is 26.7 Å². The van der Waals surface area contributed by atoms with E-state index in [2.05, 4.69) is 0 Å². The molecule has 0 amide bonds. The Bertz CT molecular complexity index is 179. The molecule has 0 aliphatic rings. The van der Waals surface area contributed by atoms with Gasteiger partial charge in [-0.25, -0.2) is 0 Å². The van der Waals surface area contributed by atoms with E-state index in [0.29, 0.717) is 12.3 Å². The molecule has 0 unspecified atom stereocenters.